The molecule has 0 aromatic heterocycles. The molecule has 0 bridgehead atoms. The summed E-state index contributed by atoms with van der Waals surface area (Å²) in [5.41, 5.74) is 6.15. The van der Waals surface area contributed by atoms with Crippen LogP contribution in [-0.2, 0) is 0 Å². The maximum Gasteiger partial charge on any atom is 0.253 e. The first kappa shape index (κ1) is 12.9. The van der Waals surface area contributed by atoms with Gasteiger partial charge >= 0.3 is 0 Å². The Bertz CT molecular complexity index is 428. The Balaban J connectivity index is 1.83. The Morgan fingerprint density at radius 1 is 1.39 bits per heavy atom. The number of nitrogens with one attached hydrogen (secondary N) is 1. The average molecular weight is 250 g/mol. The molecule has 98 valence electrons. The molecule has 2 rings (SSSR count). The molecule has 0 spiro atoms. The van der Waals surface area contributed by atoms with E-state index in [0.717, 1.165) is 12.3 Å². The molecule has 0 heterocycles. The highest BCUT2D eigenvalue weighted by atomic mass is 19.1. The van der Waals surface area contributed by atoms with Gasteiger partial charge in [-0.2, -0.15) is 0 Å². The number of amides is 1. The number of carbonyl (C=O) groups is 1. The van der Waals surface area contributed by atoms with Gasteiger partial charge in [0.25, 0.3) is 5.91 Å². The van der Waals surface area contributed by atoms with E-state index in [2.05, 4.69) is 5.32 Å². The van der Waals surface area contributed by atoms with Crippen LogP contribution in [0.15, 0.2) is 18.2 Å². The maximum atomic E-state index is 12.9. The third kappa shape index (κ3) is 3.22. The zero-order valence-electron chi connectivity index (χ0n) is 10.4. The van der Waals surface area contributed by atoms with Gasteiger partial charge in [0, 0.05) is 12.2 Å². The lowest BCUT2D eigenvalue weighted by molar-refractivity contribution is 0.0952. The molecule has 1 aliphatic rings. The van der Waals surface area contributed by atoms with Crippen molar-refractivity contribution >= 4 is 11.6 Å². The van der Waals surface area contributed by atoms with Crippen LogP contribution in [0.25, 0.3) is 0 Å². The Hall–Kier alpha value is -1.58. The number of carbonyl (C=O) groups excluding carboxylic acids is 1. The second-order valence-electron chi connectivity index (χ2n) is 4.93. The number of hydrogen-bond acceptors (Lipinski definition) is 2. The van der Waals surface area contributed by atoms with Crippen molar-refractivity contribution in [3.63, 3.8) is 0 Å². The molecule has 1 aromatic rings. The topological polar surface area (TPSA) is 55.1 Å². The number of nitrogen functional groups attached to an aromatic ring is 1. The van der Waals surface area contributed by atoms with E-state index in [1.165, 1.54) is 43.9 Å². The monoisotopic (exact) mass is 250 g/mol. The van der Waals surface area contributed by atoms with Gasteiger partial charge in [-0.15, -0.1) is 0 Å². The summed E-state index contributed by atoms with van der Waals surface area (Å²) in [5.74, 6) is 0.108. The van der Waals surface area contributed by atoms with Crippen LogP contribution >= 0.6 is 0 Å². The molecule has 3 N–H and O–H groups in total. The van der Waals surface area contributed by atoms with E-state index in [1.807, 2.05) is 0 Å². The Morgan fingerprint density at radius 3 is 2.78 bits per heavy atom. The van der Waals surface area contributed by atoms with Crippen LogP contribution in [0.1, 0.15) is 42.5 Å². The fraction of sp³-hybridized carbons (Fsp3) is 0.500. The van der Waals surface area contributed by atoms with Gasteiger partial charge in [0.15, 0.2) is 0 Å². The Labute approximate surface area is 107 Å². The smallest absolute Gasteiger partial charge is 0.253 e. The minimum atomic E-state index is -0.421. The first-order valence-corrected chi connectivity index (χ1v) is 6.50. The standard InChI is InChI=1S/C14H19FN2O/c15-11-5-6-12(13(16)9-11)14(18)17-8-7-10-3-1-2-4-10/h5-6,9-10H,1-4,7-8,16H2,(H,17,18). The molecular weight excluding hydrogens is 231 g/mol. The minimum Gasteiger partial charge on any atom is -0.398 e. The van der Waals surface area contributed by atoms with E-state index < -0.39 is 5.82 Å². The van der Waals surface area contributed by atoms with E-state index in [4.69, 9.17) is 5.73 Å². The normalized spacial score (nSPS) is 15.8. The van der Waals surface area contributed by atoms with Gasteiger partial charge in [0.2, 0.25) is 0 Å². The number of benzene rings is 1. The number of nitrogens with two attached hydrogens (primary N) is 1. The maximum absolute atomic E-state index is 12.9. The molecule has 1 aliphatic carbocycles. The van der Waals surface area contributed by atoms with Crippen LogP contribution in [0.2, 0.25) is 0 Å². The molecule has 0 saturated heterocycles. The summed E-state index contributed by atoms with van der Waals surface area (Å²) >= 11 is 0. The van der Waals surface area contributed by atoms with Gasteiger partial charge in [-0.3, -0.25) is 4.79 Å². The first-order valence-electron chi connectivity index (χ1n) is 6.50. The highest BCUT2D eigenvalue weighted by Crippen LogP contribution is 2.26. The molecule has 3 nitrogen and oxygen atoms in total. The molecular formula is C14H19FN2O. The van der Waals surface area contributed by atoms with Gasteiger partial charge in [-0.1, -0.05) is 25.7 Å². The lowest BCUT2D eigenvalue weighted by Crippen LogP contribution is -2.26. The van der Waals surface area contributed by atoms with Crippen molar-refractivity contribution in [1.29, 1.82) is 0 Å². The number of rotatable bonds is 4. The quantitative estimate of drug-likeness (QED) is 0.807. The van der Waals surface area contributed by atoms with Gasteiger partial charge in [0.05, 0.1) is 5.56 Å². The van der Waals surface area contributed by atoms with Crippen LogP contribution in [0, 0.1) is 11.7 Å². The number of halogens is 1. The summed E-state index contributed by atoms with van der Waals surface area (Å²) in [4.78, 5) is 11.8. The summed E-state index contributed by atoms with van der Waals surface area (Å²) in [7, 11) is 0. The van der Waals surface area contributed by atoms with Crippen LogP contribution in [0.3, 0.4) is 0 Å². The molecule has 4 heteroatoms. The van der Waals surface area contributed by atoms with Gasteiger partial charge in [-0.05, 0) is 30.5 Å². The van der Waals surface area contributed by atoms with Crippen molar-refractivity contribution in [2.75, 3.05) is 12.3 Å². The van der Waals surface area contributed by atoms with Crippen molar-refractivity contribution in [2.45, 2.75) is 32.1 Å². The fourth-order valence-corrected chi connectivity index (χ4v) is 2.52. The van der Waals surface area contributed by atoms with Crippen molar-refractivity contribution in [3.8, 4) is 0 Å². The molecule has 0 aliphatic heterocycles. The molecule has 0 unspecified atom stereocenters. The third-order valence-corrected chi connectivity index (χ3v) is 3.57. The van der Waals surface area contributed by atoms with E-state index in [9.17, 15) is 9.18 Å². The molecule has 1 amide bonds. The Kier molecular flexibility index (Phi) is 4.18. The number of hydrogen-bond donors (Lipinski definition) is 2. The molecule has 1 saturated carbocycles. The summed E-state index contributed by atoms with van der Waals surface area (Å²) in [6.45, 7) is 0.667. The molecule has 1 aromatic carbocycles. The molecule has 0 radical (unpaired) electrons. The lowest BCUT2D eigenvalue weighted by atomic mass is 10.0. The van der Waals surface area contributed by atoms with Crippen LogP contribution in [0.5, 0.6) is 0 Å². The van der Waals surface area contributed by atoms with Crippen LogP contribution in [0.4, 0.5) is 10.1 Å². The zero-order valence-corrected chi connectivity index (χ0v) is 10.4. The van der Waals surface area contributed by atoms with Crippen molar-refractivity contribution in [1.82, 2.24) is 5.32 Å². The molecule has 1 fully saturated rings. The van der Waals surface area contributed by atoms with E-state index >= 15 is 0 Å². The largest absolute Gasteiger partial charge is 0.398 e. The Morgan fingerprint density at radius 2 is 2.11 bits per heavy atom. The second kappa shape index (κ2) is 5.85. The molecule has 0 atom stereocenters. The van der Waals surface area contributed by atoms with E-state index in [1.54, 1.807) is 0 Å². The highest BCUT2D eigenvalue weighted by molar-refractivity contribution is 5.99. The summed E-state index contributed by atoms with van der Waals surface area (Å²) in [6.07, 6.45) is 6.18. The van der Waals surface area contributed by atoms with E-state index in [0.29, 0.717) is 12.1 Å². The lowest BCUT2D eigenvalue weighted by Gasteiger charge is -2.10. The van der Waals surface area contributed by atoms with Crippen molar-refractivity contribution in [2.24, 2.45) is 5.92 Å². The van der Waals surface area contributed by atoms with Crippen LogP contribution in [-0.4, -0.2) is 12.5 Å². The summed E-state index contributed by atoms with van der Waals surface area (Å²) in [6, 6.07) is 3.85. The van der Waals surface area contributed by atoms with Gasteiger partial charge < -0.3 is 11.1 Å². The van der Waals surface area contributed by atoms with Crippen molar-refractivity contribution in [3.05, 3.63) is 29.6 Å². The first-order chi connectivity index (χ1) is 8.66. The molecule has 18 heavy (non-hydrogen) atoms. The van der Waals surface area contributed by atoms with Crippen molar-refractivity contribution < 1.29 is 9.18 Å². The van der Waals surface area contributed by atoms with Gasteiger partial charge in [0.1, 0.15) is 5.82 Å². The average Bonchev–Trinajstić information content (AvgIpc) is 2.81. The second-order valence-corrected chi connectivity index (χ2v) is 4.93. The SMILES string of the molecule is Nc1cc(F)ccc1C(=O)NCCC1CCCC1. The fourth-order valence-electron chi connectivity index (χ4n) is 2.52. The van der Waals surface area contributed by atoms with E-state index in [-0.39, 0.29) is 11.6 Å². The number of anilines is 1. The predicted octanol–water partition coefficient (Wildman–Crippen LogP) is 2.72. The summed E-state index contributed by atoms with van der Waals surface area (Å²) in [5, 5.41) is 2.84. The zero-order chi connectivity index (χ0) is 13.0. The minimum absolute atomic E-state index is 0.188. The van der Waals surface area contributed by atoms with Crippen LogP contribution < -0.4 is 11.1 Å². The predicted molar refractivity (Wildman–Crippen MR) is 69.7 cm³/mol. The van der Waals surface area contributed by atoms with Gasteiger partial charge in [-0.25, -0.2) is 4.39 Å². The summed E-state index contributed by atoms with van der Waals surface area (Å²) < 4.78 is 12.9. The highest BCUT2D eigenvalue weighted by Gasteiger charge is 2.15. The third-order valence-electron chi connectivity index (χ3n) is 3.57.